The summed E-state index contributed by atoms with van der Waals surface area (Å²) in [7, 11) is -4.71. The van der Waals surface area contributed by atoms with Gasteiger partial charge in [0.2, 0.25) is 15.8 Å². The van der Waals surface area contributed by atoms with Gasteiger partial charge in [0.1, 0.15) is 16.5 Å². The molecule has 174 valence electrons. The number of rotatable bonds is 10. The molecule has 1 aromatic rings. The number of sulfonamides is 1. The monoisotopic (exact) mass is 481 g/mol. The van der Waals surface area contributed by atoms with Crippen LogP contribution >= 0.6 is 11.6 Å². The smallest absolute Gasteiger partial charge is 0.407 e. The maximum Gasteiger partial charge on any atom is 0.407 e. The first-order chi connectivity index (χ1) is 14.2. The molecule has 14 heteroatoms. The summed E-state index contributed by atoms with van der Waals surface area (Å²) < 4.78 is 32.0. The Hall–Kier alpha value is -2.64. The summed E-state index contributed by atoms with van der Waals surface area (Å²) in [6.45, 7) is 5.26. The minimum absolute atomic E-state index is 0.155. The van der Waals surface area contributed by atoms with Crippen molar-refractivity contribution in [1.29, 1.82) is 0 Å². The number of unbranched alkanes of at least 4 members (excludes halogenated alkanes) is 1. The Bertz CT molecular complexity index is 945. The maximum absolute atomic E-state index is 12.6. The van der Waals surface area contributed by atoms with Crippen LogP contribution in [0.15, 0.2) is 17.0 Å². The van der Waals surface area contributed by atoms with Crippen LogP contribution in [0.2, 0.25) is 5.02 Å². The number of carboxylic acid groups (broad SMARTS) is 1. The third-order valence-electron chi connectivity index (χ3n) is 3.71. The molecule has 1 rings (SSSR count). The van der Waals surface area contributed by atoms with Crippen LogP contribution in [0.4, 0.5) is 10.5 Å². The van der Waals surface area contributed by atoms with E-state index in [0.29, 0.717) is 6.42 Å². The molecule has 1 atom stereocenters. The number of hydrogen-bond donors (Lipinski definition) is 4. The fourth-order valence-corrected chi connectivity index (χ4v) is 4.25. The van der Waals surface area contributed by atoms with Gasteiger partial charge in [0.05, 0.1) is 9.95 Å². The minimum atomic E-state index is -4.71. The molecule has 0 radical (unpaired) electrons. The number of carbonyl (C=O) groups excluding carboxylic acids is 1. The largest absolute Gasteiger partial charge is 0.501 e. The molecule has 1 aromatic carbocycles. The van der Waals surface area contributed by atoms with E-state index in [4.69, 9.17) is 16.3 Å². The standard InChI is InChI=1S/C17H24ClN3O9S/c1-17(2,3)30-16(25)19-9-5-4-6-11(15(23)24)20-31(28,29)14-10(18)7-8-12(13(14)22)21(26)27/h7-8,11,20,22H,4-6,9H2,1-3H3,(H,19,25)(H,23,24). The molecule has 0 saturated heterocycles. The Morgan fingerprint density at radius 2 is 1.90 bits per heavy atom. The van der Waals surface area contributed by atoms with E-state index in [1.54, 1.807) is 20.8 Å². The Balaban J connectivity index is 2.79. The zero-order chi connectivity index (χ0) is 24.0. The number of carboxylic acids is 1. The molecule has 31 heavy (non-hydrogen) atoms. The number of nitro benzene ring substituents is 1. The van der Waals surface area contributed by atoms with Crippen molar-refractivity contribution in [2.45, 2.75) is 56.6 Å². The van der Waals surface area contributed by atoms with Gasteiger partial charge in [-0.25, -0.2) is 13.2 Å². The van der Waals surface area contributed by atoms with Gasteiger partial charge >= 0.3 is 17.7 Å². The number of benzene rings is 1. The molecule has 12 nitrogen and oxygen atoms in total. The number of halogens is 1. The summed E-state index contributed by atoms with van der Waals surface area (Å²) in [4.78, 5) is 31.9. The topological polar surface area (TPSA) is 185 Å². The predicted octanol–water partition coefficient (Wildman–Crippen LogP) is 2.38. The fourth-order valence-electron chi connectivity index (χ4n) is 2.40. The molecule has 0 aliphatic rings. The van der Waals surface area contributed by atoms with E-state index < -0.39 is 60.0 Å². The number of amides is 1. The molecule has 0 aliphatic heterocycles. The highest BCUT2D eigenvalue weighted by molar-refractivity contribution is 7.89. The molecular weight excluding hydrogens is 458 g/mol. The average molecular weight is 482 g/mol. The molecule has 4 N–H and O–H groups in total. The van der Waals surface area contributed by atoms with E-state index in [-0.39, 0.29) is 19.4 Å². The van der Waals surface area contributed by atoms with E-state index in [1.807, 2.05) is 4.72 Å². The second-order valence-electron chi connectivity index (χ2n) is 7.44. The molecular formula is C17H24ClN3O9S. The van der Waals surface area contributed by atoms with Gasteiger partial charge in [0, 0.05) is 12.6 Å². The second-order valence-corrected chi connectivity index (χ2v) is 9.50. The first-order valence-electron chi connectivity index (χ1n) is 9.03. The van der Waals surface area contributed by atoms with Gasteiger partial charge < -0.3 is 20.3 Å². The van der Waals surface area contributed by atoms with Gasteiger partial charge in [0.15, 0.2) is 0 Å². The van der Waals surface area contributed by atoms with Gasteiger partial charge in [-0.3, -0.25) is 14.9 Å². The first-order valence-corrected chi connectivity index (χ1v) is 10.9. The summed E-state index contributed by atoms with van der Waals surface area (Å²) in [5.41, 5.74) is -1.57. The molecule has 0 saturated carbocycles. The number of nitrogens with one attached hydrogen (secondary N) is 2. The van der Waals surface area contributed by atoms with Gasteiger partial charge in [-0.15, -0.1) is 0 Å². The van der Waals surface area contributed by atoms with Crippen LogP contribution in [0, 0.1) is 10.1 Å². The Labute approximate surface area is 183 Å². The highest BCUT2D eigenvalue weighted by Gasteiger charge is 2.32. The van der Waals surface area contributed by atoms with Crippen molar-refractivity contribution in [3.63, 3.8) is 0 Å². The van der Waals surface area contributed by atoms with Crippen molar-refractivity contribution in [1.82, 2.24) is 10.0 Å². The number of alkyl carbamates (subject to hydrolysis) is 1. The van der Waals surface area contributed by atoms with Crippen molar-refractivity contribution in [2.75, 3.05) is 6.54 Å². The molecule has 0 fully saturated rings. The molecule has 0 aliphatic carbocycles. The SMILES string of the molecule is CC(C)(C)OC(=O)NCCCCC(NS(=O)(=O)c1c(Cl)ccc([N+](=O)[O-])c1O)C(=O)O. The highest BCUT2D eigenvalue weighted by atomic mass is 35.5. The zero-order valence-electron chi connectivity index (χ0n) is 17.0. The maximum atomic E-state index is 12.6. The van der Waals surface area contributed by atoms with Gasteiger partial charge in [-0.2, -0.15) is 4.72 Å². The summed E-state index contributed by atoms with van der Waals surface area (Å²) >= 11 is 5.77. The number of aliphatic carboxylic acids is 1. The molecule has 0 bridgehead atoms. The molecule has 1 unspecified atom stereocenters. The van der Waals surface area contributed by atoms with Crippen LogP contribution in [0.1, 0.15) is 40.0 Å². The first kappa shape index (κ1) is 26.4. The Morgan fingerprint density at radius 1 is 1.29 bits per heavy atom. The second kappa shape index (κ2) is 10.6. The van der Waals surface area contributed by atoms with Crippen LogP contribution in [-0.2, 0) is 19.6 Å². The Morgan fingerprint density at radius 3 is 2.42 bits per heavy atom. The van der Waals surface area contributed by atoms with Crippen LogP contribution in [0.25, 0.3) is 0 Å². The van der Waals surface area contributed by atoms with Crippen LogP contribution in [-0.4, -0.2) is 53.8 Å². The number of nitrogens with zero attached hydrogens (tertiary/aromatic N) is 1. The molecule has 0 heterocycles. The number of carbonyl (C=O) groups is 2. The highest BCUT2D eigenvalue weighted by Crippen LogP contribution is 2.38. The Kier molecular flexibility index (Phi) is 9.02. The molecule has 0 aromatic heterocycles. The van der Waals surface area contributed by atoms with Crippen molar-refractivity contribution in [3.05, 3.63) is 27.3 Å². The lowest BCUT2D eigenvalue weighted by atomic mass is 10.1. The summed E-state index contributed by atoms with van der Waals surface area (Å²) in [5, 5.41) is 32.2. The third-order valence-corrected chi connectivity index (χ3v) is 5.68. The van der Waals surface area contributed by atoms with Crippen LogP contribution in [0.3, 0.4) is 0 Å². The number of phenols is 1. The summed E-state index contributed by atoms with van der Waals surface area (Å²) in [6.07, 6.45) is -0.256. The van der Waals surface area contributed by atoms with Crippen molar-refractivity contribution < 1.29 is 37.9 Å². The molecule has 1 amide bonds. The number of phenolic OH excluding ortho intramolecular Hbond substituents is 1. The summed E-state index contributed by atoms with van der Waals surface area (Å²) in [5.74, 6) is -2.69. The van der Waals surface area contributed by atoms with Gasteiger partial charge in [0.25, 0.3) is 0 Å². The van der Waals surface area contributed by atoms with E-state index >= 15 is 0 Å². The van der Waals surface area contributed by atoms with Crippen molar-refractivity contribution in [3.8, 4) is 5.75 Å². The lowest BCUT2D eigenvalue weighted by molar-refractivity contribution is -0.386. The molecule has 0 spiro atoms. The predicted molar refractivity (Wildman–Crippen MR) is 110 cm³/mol. The third kappa shape index (κ3) is 8.19. The lowest BCUT2D eigenvalue weighted by Gasteiger charge is -2.19. The summed E-state index contributed by atoms with van der Waals surface area (Å²) in [6, 6.07) is 0.135. The van der Waals surface area contributed by atoms with E-state index in [2.05, 4.69) is 5.32 Å². The van der Waals surface area contributed by atoms with E-state index in [0.717, 1.165) is 12.1 Å². The minimum Gasteiger partial charge on any atom is -0.501 e. The average Bonchev–Trinajstić information content (AvgIpc) is 2.58. The van der Waals surface area contributed by atoms with Gasteiger partial charge in [-0.1, -0.05) is 11.6 Å². The lowest BCUT2D eigenvalue weighted by Crippen LogP contribution is -2.41. The zero-order valence-corrected chi connectivity index (χ0v) is 18.6. The number of hydrogen-bond acceptors (Lipinski definition) is 8. The van der Waals surface area contributed by atoms with Crippen LogP contribution < -0.4 is 10.0 Å². The number of aromatic hydroxyl groups is 1. The number of nitro groups is 1. The fraction of sp³-hybridized carbons (Fsp3) is 0.529. The number of ether oxygens (including phenoxy) is 1. The van der Waals surface area contributed by atoms with E-state index in [1.165, 1.54) is 0 Å². The van der Waals surface area contributed by atoms with Gasteiger partial charge in [-0.05, 0) is 46.1 Å². The van der Waals surface area contributed by atoms with Crippen molar-refractivity contribution >= 4 is 39.4 Å². The quantitative estimate of drug-likeness (QED) is 0.221. The van der Waals surface area contributed by atoms with Crippen molar-refractivity contribution in [2.24, 2.45) is 0 Å². The normalized spacial score (nSPS) is 12.8. The van der Waals surface area contributed by atoms with E-state index in [9.17, 15) is 38.3 Å². The van der Waals surface area contributed by atoms with Crippen LogP contribution in [0.5, 0.6) is 5.75 Å².